The van der Waals surface area contributed by atoms with Gasteiger partial charge in [-0.25, -0.2) is 4.58 Å². The Balaban J connectivity index is 2.82. The third-order valence-corrected chi connectivity index (χ3v) is 3.56. The standard InChI is InChI=1S/C13H15N2/c1-9-13(2,3)12-10(8-14)6-5-7-11(12)15(9)4/h5-7H,1-4H3/q+1. The lowest BCUT2D eigenvalue weighted by Gasteiger charge is -2.15. The van der Waals surface area contributed by atoms with Crippen LogP contribution in [-0.4, -0.2) is 17.3 Å². The molecule has 2 nitrogen and oxygen atoms in total. The van der Waals surface area contributed by atoms with Gasteiger partial charge in [0.2, 0.25) is 5.69 Å². The first-order valence-corrected chi connectivity index (χ1v) is 5.11. The van der Waals surface area contributed by atoms with E-state index < -0.39 is 0 Å². The van der Waals surface area contributed by atoms with E-state index in [0.29, 0.717) is 0 Å². The number of nitriles is 1. The van der Waals surface area contributed by atoms with Gasteiger partial charge in [0.25, 0.3) is 0 Å². The molecule has 0 saturated heterocycles. The average Bonchev–Trinajstić information content (AvgIpc) is 2.41. The zero-order valence-corrected chi connectivity index (χ0v) is 9.63. The highest BCUT2D eigenvalue weighted by Crippen LogP contribution is 2.40. The van der Waals surface area contributed by atoms with E-state index in [0.717, 1.165) is 16.8 Å². The predicted octanol–water partition coefficient (Wildman–Crippen LogP) is 2.58. The molecule has 0 bridgehead atoms. The number of hydrogen-bond donors (Lipinski definition) is 0. The van der Waals surface area contributed by atoms with Gasteiger partial charge in [0, 0.05) is 13.0 Å². The summed E-state index contributed by atoms with van der Waals surface area (Å²) in [6, 6.07) is 8.20. The molecule has 0 N–H and O–H groups in total. The number of rotatable bonds is 0. The first-order chi connectivity index (χ1) is 7.00. The zero-order chi connectivity index (χ0) is 11.2. The molecule has 2 heteroatoms. The maximum absolute atomic E-state index is 9.13. The molecule has 0 amide bonds. The number of hydrogen-bond acceptors (Lipinski definition) is 1. The van der Waals surface area contributed by atoms with Gasteiger partial charge in [-0.05, 0) is 19.9 Å². The monoisotopic (exact) mass is 199 g/mol. The van der Waals surface area contributed by atoms with Crippen molar-refractivity contribution in [1.29, 1.82) is 5.26 Å². The highest BCUT2D eigenvalue weighted by atomic mass is 15.0. The topological polar surface area (TPSA) is 26.8 Å². The lowest BCUT2D eigenvalue weighted by Crippen LogP contribution is -2.26. The summed E-state index contributed by atoms with van der Waals surface area (Å²) in [4.78, 5) is 0. The fourth-order valence-electron chi connectivity index (χ4n) is 2.35. The average molecular weight is 199 g/mol. The van der Waals surface area contributed by atoms with E-state index in [-0.39, 0.29) is 5.41 Å². The Kier molecular flexibility index (Phi) is 1.94. The Morgan fingerprint density at radius 3 is 2.60 bits per heavy atom. The molecule has 15 heavy (non-hydrogen) atoms. The Bertz CT molecular complexity index is 502. The summed E-state index contributed by atoms with van der Waals surface area (Å²) in [6.07, 6.45) is 0. The smallest absolute Gasteiger partial charge is 0.202 e. The van der Waals surface area contributed by atoms with Crippen LogP contribution in [0, 0.1) is 11.3 Å². The summed E-state index contributed by atoms with van der Waals surface area (Å²) in [7, 11) is 2.06. The minimum atomic E-state index is -0.0313. The van der Waals surface area contributed by atoms with Crippen LogP contribution in [0.3, 0.4) is 0 Å². The third-order valence-electron chi connectivity index (χ3n) is 3.56. The summed E-state index contributed by atoms with van der Waals surface area (Å²) in [6.45, 7) is 6.47. The van der Waals surface area contributed by atoms with Gasteiger partial charge in [0.1, 0.15) is 7.05 Å². The van der Waals surface area contributed by atoms with E-state index in [1.807, 2.05) is 12.1 Å². The normalized spacial score (nSPS) is 17.5. The van der Waals surface area contributed by atoms with Crippen molar-refractivity contribution in [3.05, 3.63) is 29.3 Å². The molecule has 0 atom stereocenters. The second kappa shape index (κ2) is 2.93. The Morgan fingerprint density at radius 2 is 2.00 bits per heavy atom. The van der Waals surface area contributed by atoms with Crippen molar-refractivity contribution >= 4 is 11.4 Å². The van der Waals surface area contributed by atoms with Crippen molar-refractivity contribution in [1.82, 2.24) is 0 Å². The van der Waals surface area contributed by atoms with Gasteiger partial charge < -0.3 is 0 Å². The molecule has 1 heterocycles. The van der Waals surface area contributed by atoms with E-state index in [1.165, 1.54) is 5.71 Å². The fourth-order valence-corrected chi connectivity index (χ4v) is 2.35. The molecule has 1 aliphatic rings. The van der Waals surface area contributed by atoms with Crippen LogP contribution >= 0.6 is 0 Å². The molecule has 0 fully saturated rings. The number of fused-ring (bicyclic) bond motifs is 1. The summed E-state index contributed by atoms with van der Waals surface area (Å²) >= 11 is 0. The van der Waals surface area contributed by atoms with Crippen LogP contribution in [0.25, 0.3) is 0 Å². The van der Waals surface area contributed by atoms with E-state index >= 15 is 0 Å². The molecule has 0 aromatic heterocycles. The SMILES string of the molecule is CC1=[N+](C)c2cccc(C#N)c2C1(C)C. The van der Waals surface area contributed by atoms with Crippen molar-refractivity contribution < 1.29 is 4.58 Å². The highest BCUT2D eigenvalue weighted by Gasteiger charge is 2.43. The molecule has 0 spiro atoms. The number of benzene rings is 1. The van der Waals surface area contributed by atoms with E-state index in [2.05, 4.69) is 44.5 Å². The van der Waals surface area contributed by atoms with Crippen LogP contribution in [0.4, 0.5) is 5.69 Å². The minimum absolute atomic E-state index is 0.0313. The molecule has 1 aromatic rings. The van der Waals surface area contributed by atoms with Gasteiger partial charge >= 0.3 is 0 Å². The molecule has 2 rings (SSSR count). The van der Waals surface area contributed by atoms with Gasteiger partial charge in [0.15, 0.2) is 5.71 Å². The fraction of sp³-hybridized carbons (Fsp3) is 0.385. The molecule has 0 aliphatic carbocycles. The Labute approximate surface area is 90.5 Å². The van der Waals surface area contributed by atoms with E-state index in [4.69, 9.17) is 5.26 Å². The lowest BCUT2D eigenvalue weighted by atomic mass is 9.80. The van der Waals surface area contributed by atoms with Gasteiger partial charge in [-0.15, -0.1) is 0 Å². The first kappa shape index (κ1) is 9.92. The summed E-state index contributed by atoms with van der Waals surface area (Å²) in [5.74, 6) is 0. The first-order valence-electron chi connectivity index (χ1n) is 5.11. The van der Waals surface area contributed by atoms with Gasteiger partial charge in [-0.3, -0.25) is 0 Å². The van der Waals surface area contributed by atoms with Crippen LogP contribution < -0.4 is 0 Å². The molecule has 0 unspecified atom stereocenters. The Hall–Kier alpha value is -1.62. The second-order valence-corrected chi connectivity index (χ2v) is 4.58. The lowest BCUT2D eigenvalue weighted by molar-refractivity contribution is -0.403. The van der Waals surface area contributed by atoms with Crippen molar-refractivity contribution in [2.24, 2.45) is 0 Å². The quantitative estimate of drug-likeness (QED) is 0.590. The molecule has 1 aliphatic heterocycles. The molecular formula is C13H15N2+. The van der Waals surface area contributed by atoms with E-state index in [1.54, 1.807) is 0 Å². The van der Waals surface area contributed by atoms with Crippen LogP contribution in [0.1, 0.15) is 31.9 Å². The third kappa shape index (κ3) is 1.13. The molecule has 0 radical (unpaired) electrons. The molecular weight excluding hydrogens is 184 g/mol. The summed E-state index contributed by atoms with van der Waals surface area (Å²) in [5, 5.41) is 9.13. The van der Waals surface area contributed by atoms with Gasteiger partial charge in [-0.1, -0.05) is 6.07 Å². The maximum Gasteiger partial charge on any atom is 0.210 e. The predicted molar refractivity (Wildman–Crippen MR) is 60.7 cm³/mol. The van der Waals surface area contributed by atoms with Gasteiger partial charge in [0.05, 0.1) is 22.6 Å². The zero-order valence-electron chi connectivity index (χ0n) is 9.63. The second-order valence-electron chi connectivity index (χ2n) is 4.58. The number of nitrogens with zero attached hydrogens (tertiary/aromatic N) is 2. The minimum Gasteiger partial charge on any atom is -0.202 e. The van der Waals surface area contributed by atoms with Crippen LogP contribution in [0.2, 0.25) is 0 Å². The van der Waals surface area contributed by atoms with Gasteiger partial charge in [-0.2, -0.15) is 5.26 Å². The molecule has 1 aromatic carbocycles. The van der Waals surface area contributed by atoms with E-state index in [9.17, 15) is 0 Å². The molecule has 0 saturated carbocycles. The molecule has 76 valence electrons. The van der Waals surface area contributed by atoms with Crippen molar-refractivity contribution in [3.63, 3.8) is 0 Å². The van der Waals surface area contributed by atoms with Crippen molar-refractivity contribution in [3.8, 4) is 6.07 Å². The maximum atomic E-state index is 9.13. The van der Waals surface area contributed by atoms with Crippen LogP contribution in [-0.2, 0) is 5.41 Å². The van der Waals surface area contributed by atoms with Crippen molar-refractivity contribution in [2.45, 2.75) is 26.2 Å². The van der Waals surface area contributed by atoms with Crippen molar-refractivity contribution in [2.75, 3.05) is 7.05 Å². The Morgan fingerprint density at radius 1 is 1.33 bits per heavy atom. The highest BCUT2D eigenvalue weighted by molar-refractivity contribution is 5.94. The van der Waals surface area contributed by atoms with Crippen LogP contribution in [0.5, 0.6) is 0 Å². The van der Waals surface area contributed by atoms with Crippen LogP contribution in [0.15, 0.2) is 18.2 Å². The largest absolute Gasteiger partial charge is 0.210 e. The summed E-state index contributed by atoms with van der Waals surface area (Å²) in [5.41, 5.74) is 4.38. The summed E-state index contributed by atoms with van der Waals surface area (Å²) < 4.78 is 2.18.